The van der Waals surface area contributed by atoms with Crippen LogP contribution in [0.25, 0.3) is 0 Å². The Kier molecular flexibility index (Phi) is 4.45. The Hall–Kier alpha value is -1.81. The molecule has 1 fully saturated rings. The molecule has 1 saturated heterocycles. The van der Waals surface area contributed by atoms with Gasteiger partial charge >= 0.3 is 5.97 Å². The van der Waals surface area contributed by atoms with E-state index in [1.165, 1.54) is 0 Å². The summed E-state index contributed by atoms with van der Waals surface area (Å²) >= 11 is 0. The minimum atomic E-state index is -0.931. The largest absolute Gasteiger partial charge is 0.489 e. The Morgan fingerprint density at radius 2 is 2.25 bits per heavy atom. The van der Waals surface area contributed by atoms with Crippen molar-refractivity contribution < 1.29 is 19.0 Å². The van der Waals surface area contributed by atoms with Crippen LogP contribution < -0.4 is 4.74 Å². The van der Waals surface area contributed by atoms with E-state index < -0.39 is 5.79 Å². The third-order valence-electron chi connectivity index (χ3n) is 3.40. The molecule has 2 rings (SSSR count). The van der Waals surface area contributed by atoms with E-state index in [0.717, 1.165) is 11.3 Å². The maximum absolute atomic E-state index is 11.7. The number of hydrogen-bond acceptors (Lipinski definition) is 4. The Balaban J connectivity index is 2.33. The average Bonchev–Trinajstić information content (AvgIpc) is 2.72. The van der Waals surface area contributed by atoms with Gasteiger partial charge in [-0.05, 0) is 13.0 Å². The van der Waals surface area contributed by atoms with Crippen LogP contribution in [0.15, 0.2) is 36.9 Å². The van der Waals surface area contributed by atoms with Gasteiger partial charge < -0.3 is 14.2 Å². The van der Waals surface area contributed by atoms with Crippen molar-refractivity contribution in [1.82, 2.24) is 0 Å². The smallest absolute Gasteiger partial charge is 0.309 e. The Morgan fingerprint density at radius 3 is 2.95 bits per heavy atom. The second-order valence-electron chi connectivity index (χ2n) is 4.82. The Labute approximate surface area is 119 Å². The zero-order valence-electron chi connectivity index (χ0n) is 11.9. The molecule has 1 aromatic rings. The van der Waals surface area contributed by atoms with E-state index in [0.29, 0.717) is 19.6 Å². The summed E-state index contributed by atoms with van der Waals surface area (Å²) in [7, 11) is 0. The molecule has 0 aromatic heterocycles. The highest BCUT2D eigenvalue weighted by atomic mass is 16.7. The molecule has 0 spiro atoms. The first-order valence-corrected chi connectivity index (χ1v) is 6.79. The molecule has 0 N–H and O–H groups in total. The van der Waals surface area contributed by atoms with Crippen molar-refractivity contribution in [2.75, 3.05) is 13.2 Å². The fourth-order valence-corrected chi connectivity index (χ4v) is 2.55. The van der Waals surface area contributed by atoms with E-state index in [1.807, 2.05) is 31.2 Å². The summed E-state index contributed by atoms with van der Waals surface area (Å²) in [6.45, 7) is 8.23. The first-order chi connectivity index (χ1) is 9.60. The number of carbonyl (C=O) groups excluding carboxylic acids is 1. The van der Waals surface area contributed by atoms with E-state index in [-0.39, 0.29) is 11.9 Å². The molecule has 0 aliphatic carbocycles. The van der Waals surface area contributed by atoms with Crippen LogP contribution in [-0.2, 0) is 14.3 Å². The molecule has 2 atom stereocenters. The van der Waals surface area contributed by atoms with E-state index in [9.17, 15) is 4.79 Å². The lowest BCUT2D eigenvalue weighted by Crippen LogP contribution is -2.34. The van der Waals surface area contributed by atoms with Crippen molar-refractivity contribution in [2.24, 2.45) is 0 Å². The molecule has 0 bridgehead atoms. The quantitative estimate of drug-likeness (QED) is 0.592. The average molecular weight is 276 g/mol. The monoisotopic (exact) mass is 276 g/mol. The molecule has 0 amide bonds. The lowest BCUT2D eigenvalue weighted by molar-refractivity contribution is -0.207. The lowest BCUT2D eigenvalue weighted by Gasteiger charge is -2.30. The van der Waals surface area contributed by atoms with Gasteiger partial charge in [-0.25, -0.2) is 0 Å². The normalized spacial score (nSPS) is 25.3. The topological polar surface area (TPSA) is 44.8 Å². The third-order valence-corrected chi connectivity index (χ3v) is 3.40. The fraction of sp³-hybridized carbons (Fsp3) is 0.438. The molecule has 20 heavy (non-hydrogen) atoms. The van der Waals surface area contributed by atoms with E-state index in [4.69, 9.17) is 14.2 Å². The molecular formula is C16H20O4. The lowest BCUT2D eigenvalue weighted by atomic mass is 9.90. The van der Waals surface area contributed by atoms with Crippen LogP contribution in [-0.4, -0.2) is 25.0 Å². The van der Waals surface area contributed by atoms with Crippen LogP contribution in [0.2, 0.25) is 0 Å². The van der Waals surface area contributed by atoms with Crippen LogP contribution in [0.4, 0.5) is 0 Å². The van der Waals surface area contributed by atoms with Crippen LogP contribution in [0.5, 0.6) is 5.75 Å². The van der Waals surface area contributed by atoms with Crippen molar-refractivity contribution in [3.63, 3.8) is 0 Å². The zero-order chi connectivity index (χ0) is 14.6. The molecule has 1 aliphatic rings. The van der Waals surface area contributed by atoms with Crippen molar-refractivity contribution >= 4 is 5.97 Å². The number of rotatable bonds is 6. The van der Waals surface area contributed by atoms with Gasteiger partial charge in [0.2, 0.25) is 5.79 Å². The maximum Gasteiger partial charge on any atom is 0.309 e. The van der Waals surface area contributed by atoms with Gasteiger partial charge in [-0.2, -0.15) is 0 Å². The second-order valence-corrected chi connectivity index (χ2v) is 4.82. The van der Waals surface area contributed by atoms with Crippen molar-refractivity contribution in [2.45, 2.75) is 32.0 Å². The van der Waals surface area contributed by atoms with Gasteiger partial charge in [-0.3, -0.25) is 4.79 Å². The minimum Gasteiger partial charge on any atom is -0.489 e. The molecule has 1 aromatic carbocycles. The van der Waals surface area contributed by atoms with Gasteiger partial charge in [-0.15, -0.1) is 0 Å². The van der Waals surface area contributed by atoms with Gasteiger partial charge in [0.05, 0.1) is 12.3 Å². The van der Waals surface area contributed by atoms with Crippen LogP contribution in [0.3, 0.4) is 0 Å². The fourth-order valence-electron chi connectivity index (χ4n) is 2.55. The van der Waals surface area contributed by atoms with Gasteiger partial charge in [0.25, 0.3) is 0 Å². The summed E-state index contributed by atoms with van der Waals surface area (Å²) in [6, 6.07) is 7.65. The van der Waals surface area contributed by atoms with Crippen molar-refractivity contribution in [3.05, 3.63) is 42.5 Å². The number of cyclic esters (lactones) is 1. The zero-order valence-corrected chi connectivity index (χ0v) is 11.9. The van der Waals surface area contributed by atoms with E-state index in [1.54, 1.807) is 13.0 Å². The van der Waals surface area contributed by atoms with Gasteiger partial charge in [0, 0.05) is 19.1 Å². The summed E-state index contributed by atoms with van der Waals surface area (Å²) in [5, 5.41) is 0. The summed E-state index contributed by atoms with van der Waals surface area (Å²) in [4.78, 5) is 11.7. The predicted molar refractivity (Wildman–Crippen MR) is 75.6 cm³/mol. The van der Waals surface area contributed by atoms with Crippen LogP contribution in [0.1, 0.15) is 31.7 Å². The molecule has 4 nitrogen and oxygen atoms in total. The first-order valence-electron chi connectivity index (χ1n) is 6.79. The minimum absolute atomic E-state index is 0.170. The number of carbonyl (C=O) groups is 1. The Morgan fingerprint density at radius 1 is 1.50 bits per heavy atom. The predicted octanol–water partition coefficient (Wildman–Crippen LogP) is 3.03. The molecular weight excluding hydrogens is 256 g/mol. The van der Waals surface area contributed by atoms with Crippen molar-refractivity contribution in [3.8, 4) is 5.75 Å². The molecule has 4 heteroatoms. The van der Waals surface area contributed by atoms with Gasteiger partial charge in [0.1, 0.15) is 12.4 Å². The summed E-state index contributed by atoms with van der Waals surface area (Å²) in [5.41, 5.74) is 0.927. The summed E-state index contributed by atoms with van der Waals surface area (Å²) in [6.07, 6.45) is 1.99. The molecule has 1 heterocycles. The summed E-state index contributed by atoms with van der Waals surface area (Å²) in [5.74, 6) is -0.610. The SMILES string of the molecule is C=CCOc1ccccc1C1CC(=O)OC1(C)OCC. The molecule has 0 saturated carbocycles. The van der Waals surface area contributed by atoms with E-state index in [2.05, 4.69) is 6.58 Å². The van der Waals surface area contributed by atoms with Crippen LogP contribution in [0, 0.1) is 0 Å². The second kappa shape index (κ2) is 6.09. The summed E-state index contributed by atoms with van der Waals surface area (Å²) < 4.78 is 16.7. The highest BCUT2D eigenvalue weighted by Crippen LogP contribution is 2.44. The number of esters is 1. The maximum atomic E-state index is 11.7. The number of hydrogen-bond donors (Lipinski definition) is 0. The van der Waals surface area contributed by atoms with Crippen LogP contribution >= 0.6 is 0 Å². The number of benzene rings is 1. The third kappa shape index (κ3) is 2.85. The first kappa shape index (κ1) is 14.6. The van der Waals surface area contributed by atoms with E-state index >= 15 is 0 Å². The molecule has 1 aliphatic heterocycles. The number of ether oxygens (including phenoxy) is 3. The molecule has 108 valence electrons. The highest BCUT2D eigenvalue weighted by molar-refractivity contribution is 5.74. The highest BCUT2D eigenvalue weighted by Gasteiger charge is 2.48. The van der Waals surface area contributed by atoms with Gasteiger partial charge in [-0.1, -0.05) is 30.9 Å². The molecule has 0 radical (unpaired) electrons. The van der Waals surface area contributed by atoms with Crippen molar-refractivity contribution in [1.29, 1.82) is 0 Å². The standard InChI is InChI=1S/C16H20O4/c1-4-10-18-14-9-7-6-8-12(14)13-11-15(17)20-16(13,3)19-5-2/h4,6-9,13H,1,5,10-11H2,2-3H3. The number of para-hydroxylation sites is 1. The Bertz CT molecular complexity index is 497. The van der Waals surface area contributed by atoms with Gasteiger partial charge in [0.15, 0.2) is 0 Å². The molecule has 2 unspecified atom stereocenters.